The molecule has 0 radical (unpaired) electrons. The molecule has 7 heteroatoms. The number of aromatic nitrogens is 1. The molecule has 2 unspecified atom stereocenters. The highest BCUT2D eigenvalue weighted by Gasteiger charge is 2.44. The van der Waals surface area contributed by atoms with Crippen LogP contribution in [0.3, 0.4) is 0 Å². The summed E-state index contributed by atoms with van der Waals surface area (Å²) in [6, 6.07) is 13.3. The molecular formula is C20H18F3NO3. The quantitative estimate of drug-likeness (QED) is 0.674. The molecule has 3 aromatic rings. The van der Waals surface area contributed by atoms with E-state index in [9.17, 15) is 28.2 Å². The topological polar surface area (TPSA) is 62.5 Å². The standard InChI is InChI=1S/C20H18F3NO3/c1-12(20(21,22)23)17(19(26)27)14-8-6-13(7-9-14)10-24-11-15-4-2-3-5-16(15)18(24)25/h2-9,11-12,17,25H,10H2,1H3,(H,26,27). The normalized spacial score (nSPS) is 14.2. The van der Waals surface area contributed by atoms with Crippen LogP contribution < -0.4 is 0 Å². The second-order valence-corrected chi connectivity index (χ2v) is 6.56. The first-order valence-corrected chi connectivity index (χ1v) is 8.33. The van der Waals surface area contributed by atoms with Gasteiger partial charge in [0.25, 0.3) is 0 Å². The lowest BCUT2D eigenvalue weighted by Crippen LogP contribution is -2.31. The van der Waals surface area contributed by atoms with Gasteiger partial charge in [-0.1, -0.05) is 49.4 Å². The largest absolute Gasteiger partial charge is 0.494 e. The van der Waals surface area contributed by atoms with Crippen molar-refractivity contribution >= 4 is 16.7 Å². The van der Waals surface area contributed by atoms with Gasteiger partial charge in [0, 0.05) is 17.0 Å². The smallest absolute Gasteiger partial charge is 0.392 e. The van der Waals surface area contributed by atoms with Crippen molar-refractivity contribution in [3.8, 4) is 5.88 Å². The number of carboxylic acid groups (broad SMARTS) is 1. The summed E-state index contributed by atoms with van der Waals surface area (Å²) >= 11 is 0. The number of aromatic hydroxyl groups is 1. The third-order valence-electron chi connectivity index (χ3n) is 4.74. The molecule has 0 aliphatic rings. The zero-order chi connectivity index (χ0) is 19.8. The van der Waals surface area contributed by atoms with Crippen molar-refractivity contribution in [2.24, 2.45) is 5.92 Å². The average Bonchev–Trinajstić information content (AvgIpc) is 2.92. The summed E-state index contributed by atoms with van der Waals surface area (Å²) < 4.78 is 40.5. The Bertz CT molecular complexity index is 961. The van der Waals surface area contributed by atoms with Crippen LogP contribution in [0.15, 0.2) is 54.7 Å². The minimum Gasteiger partial charge on any atom is -0.494 e. The van der Waals surface area contributed by atoms with Gasteiger partial charge in [-0.15, -0.1) is 0 Å². The summed E-state index contributed by atoms with van der Waals surface area (Å²) in [4.78, 5) is 11.4. The number of benzene rings is 2. The minimum atomic E-state index is -4.60. The summed E-state index contributed by atoms with van der Waals surface area (Å²) in [7, 11) is 0. The molecule has 0 spiro atoms. The Balaban J connectivity index is 1.85. The van der Waals surface area contributed by atoms with E-state index in [1.807, 2.05) is 18.2 Å². The highest BCUT2D eigenvalue weighted by Crippen LogP contribution is 2.37. The number of aliphatic carboxylic acids is 1. The maximum atomic E-state index is 13.0. The van der Waals surface area contributed by atoms with Crippen molar-refractivity contribution in [3.63, 3.8) is 0 Å². The van der Waals surface area contributed by atoms with Crippen LogP contribution >= 0.6 is 0 Å². The lowest BCUT2D eigenvalue weighted by Gasteiger charge is -2.23. The number of carboxylic acids is 1. The molecule has 0 bridgehead atoms. The van der Waals surface area contributed by atoms with Crippen molar-refractivity contribution in [2.75, 3.05) is 0 Å². The molecule has 2 atom stereocenters. The zero-order valence-electron chi connectivity index (χ0n) is 14.4. The second kappa shape index (κ2) is 6.98. The third kappa shape index (κ3) is 3.77. The minimum absolute atomic E-state index is 0.0953. The molecule has 2 aromatic carbocycles. The molecule has 0 amide bonds. The molecule has 4 nitrogen and oxygen atoms in total. The summed E-state index contributed by atoms with van der Waals surface area (Å²) in [5.74, 6) is -5.08. The number of rotatable bonds is 5. The molecule has 0 aliphatic carbocycles. The Morgan fingerprint density at radius 2 is 1.74 bits per heavy atom. The van der Waals surface area contributed by atoms with Gasteiger partial charge in [0.2, 0.25) is 0 Å². The molecule has 1 aromatic heterocycles. The molecule has 0 saturated heterocycles. The monoisotopic (exact) mass is 377 g/mol. The molecule has 0 aliphatic heterocycles. The predicted molar refractivity (Wildman–Crippen MR) is 94.7 cm³/mol. The van der Waals surface area contributed by atoms with E-state index in [1.54, 1.807) is 29.0 Å². The van der Waals surface area contributed by atoms with E-state index in [1.165, 1.54) is 12.1 Å². The van der Waals surface area contributed by atoms with Gasteiger partial charge < -0.3 is 14.8 Å². The van der Waals surface area contributed by atoms with E-state index in [0.29, 0.717) is 11.9 Å². The molecule has 27 heavy (non-hydrogen) atoms. The predicted octanol–water partition coefficient (Wildman–Crippen LogP) is 4.76. The number of halogens is 3. The Kier molecular flexibility index (Phi) is 4.87. The summed E-state index contributed by atoms with van der Waals surface area (Å²) in [5.41, 5.74) is 0.830. The number of nitrogens with zero attached hydrogens (tertiary/aromatic N) is 1. The van der Waals surface area contributed by atoms with Crippen molar-refractivity contribution in [1.82, 2.24) is 4.57 Å². The van der Waals surface area contributed by atoms with Gasteiger partial charge in [0.15, 0.2) is 5.88 Å². The van der Waals surface area contributed by atoms with Crippen LogP contribution in [0.2, 0.25) is 0 Å². The number of carbonyl (C=O) groups is 1. The van der Waals surface area contributed by atoms with Gasteiger partial charge in [-0.05, 0) is 17.2 Å². The number of fused-ring (bicyclic) bond motifs is 1. The van der Waals surface area contributed by atoms with Gasteiger partial charge in [-0.25, -0.2) is 0 Å². The van der Waals surface area contributed by atoms with Crippen molar-refractivity contribution in [3.05, 3.63) is 65.9 Å². The van der Waals surface area contributed by atoms with E-state index in [2.05, 4.69) is 0 Å². The fourth-order valence-electron chi connectivity index (χ4n) is 3.18. The van der Waals surface area contributed by atoms with E-state index >= 15 is 0 Å². The van der Waals surface area contributed by atoms with Crippen LogP contribution in [0.4, 0.5) is 13.2 Å². The van der Waals surface area contributed by atoms with Crippen LogP contribution in [0.5, 0.6) is 5.88 Å². The first-order valence-electron chi connectivity index (χ1n) is 8.33. The summed E-state index contributed by atoms with van der Waals surface area (Å²) in [6.45, 7) is 1.18. The number of alkyl halides is 3. The maximum absolute atomic E-state index is 13.0. The SMILES string of the molecule is CC(C(C(=O)O)c1ccc(Cn2cc3ccccc3c2O)cc1)C(F)(F)F. The van der Waals surface area contributed by atoms with Gasteiger partial charge in [-0.2, -0.15) is 13.2 Å². The fraction of sp³-hybridized carbons (Fsp3) is 0.250. The first kappa shape index (κ1) is 18.8. The summed E-state index contributed by atoms with van der Waals surface area (Å²) in [6.07, 6.45) is -2.82. The van der Waals surface area contributed by atoms with E-state index in [0.717, 1.165) is 17.9 Å². The molecule has 0 saturated carbocycles. The average molecular weight is 377 g/mol. The van der Waals surface area contributed by atoms with Crippen molar-refractivity contribution < 1.29 is 28.2 Å². The van der Waals surface area contributed by atoms with E-state index < -0.39 is 24.0 Å². The Morgan fingerprint density at radius 1 is 1.11 bits per heavy atom. The lowest BCUT2D eigenvalue weighted by molar-refractivity contribution is -0.183. The van der Waals surface area contributed by atoms with E-state index in [4.69, 9.17) is 0 Å². The van der Waals surface area contributed by atoms with Gasteiger partial charge in [0.1, 0.15) is 0 Å². The molecule has 142 valence electrons. The zero-order valence-corrected chi connectivity index (χ0v) is 14.4. The highest BCUT2D eigenvalue weighted by atomic mass is 19.4. The summed E-state index contributed by atoms with van der Waals surface area (Å²) in [5, 5.41) is 21.1. The van der Waals surface area contributed by atoms with E-state index in [-0.39, 0.29) is 11.4 Å². The number of hydrogen-bond donors (Lipinski definition) is 2. The molecule has 1 heterocycles. The highest BCUT2D eigenvalue weighted by molar-refractivity contribution is 5.87. The van der Waals surface area contributed by atoms with Gasteiger partial charge >= 0.3 is 12.1 Å². The van der Waals surface area contributed by atoms with Gasteiger partial charge in [-0.3, -0.25) is 4.79 Å². The maximum Gasteiger partial charge on any atom is 0.392 e. The number of hydrogen-bond acceptors (Lipinski definition) is 2. The van der Waals surface area contributed by atoms with Crippen LogP contribution in [-0.4, -0.2) is 26.9 Å². The van der Waals surface area contributed by atoms with Crippen LogP contribution in [-0.2, 0) is 11.3 Å². The molecular weight excluding hydrogens is 359 g/mol. The Labute approximate surface area is 153 Å². The van der Waals surface area contributed by atoms with Crippen molar-refractivity contribution in [2.45, 2.75) is 25.6 Å². The molecule has 0 fully saturated rings. The second-order valence-electron chi connectivity index (χ2n) is 6.56. The Hall–Kier alpha value is -2.96. The Morgan fingerprint density at radius 3 is 2.30 bits per heavy atom. The molecule has 2 N–H and O–H groups in total. The fourth-order valence-corrected chi connectivity index (χ4v) is 3.18. The van der Waals surface area contributed by atoms with Crippen LogP contribution in [0.25, 0.3) is 10.8 Å². The van der Waals surface area contributed by atoms with Crippen LogP contribution in [0.1, 0.15) is 24.0 Å². The molecule has 3 rings (SSSR count). The van der Waals surface area contributed by atoms with Crippen molar-refractivity contribution in [1.29, 1.82) is 0 Å². The lowest BCUT2D eigenvalue weighted by atomic mass is 9.86. The van der Waals surface area contributed by atoms with Crippen LogP contribution in [0, 0.1) is 5.92 Å². The first-order chi connectivity index (χ1) is 12.7. The third-order valence-corrected chi connectivity index (χ3v) is 4.74. The van der Waals surface area contributed by atoms with Gasteiger partial charge in [0.05, 0.1) is 18.4 Å².